The maximum Gasteiger partial charge on any atom is 0.407 e. The molecule has 5 aromatic rings. The van der Waals surface area contributed by atoms with Gasteiger partial charge in [-0.1, -0.05) is 58.0 Å². The number of alkyl carbamates (subject to hydrolysis) is 2. The molecule has 3 aromatic heterocycles. The quantitative estimate of drug-likeness (QED) is 0.105. The van der Waals surface area contributed by atoms with Gasteiger partial charge in [-0.15, -0.1) is 0 Å². The van der Waals surface area contributed by atoms with Crippen LogP contribution in [0, 0.1) is 11.8 Å². The Morgan fingerprint density at radius 1 is 0.661 bits per heavy atom. The minimum atomic E-state index is -0.728. The number of fused-ring (bicyclic) bond motifs is 1. The maximum atomic E-state index is 13.6. The summed E-state index contributed by atoms with van der Waals surface area (Å²) in [6, 6.07) is 13.0. The van der Waals surface area contributed by atoms with Gasteiger partial charge in [0.2, 0.25) is 11.8 Å². The second-order valence-electron chi connectivity index (χ2n) is 15.8. The maximum absolute atomic E-state index is 13.6. The molecule has 59 heavy (non-hydrogen) atoms. The van der Waals surface area contributed by atoms with Crippen LogP contribution < -0.4 is 16.1 Å². The Morgan fingerprint density at radius 3 is 1.59 bits per heavy atom. The number of nitrogens with zero attached hydrogens (tertiary/aromatic N) is 4. The summed E-state index contributed by atoms with van der Waals surface area (Å²) in [4.78, 5) is 87.7. The summed E-state index contributed by atoms with van der Waals surface area (Å²) in [7, 11) is 2.55. The van der Waals surface area contributed by atoms with E-state index >= 15 is 0 Å². The average molecular weight is 806 g/mol. The van der Waals surface area contributed by atoms with Crippen LogP contribution in [-0.4, -0.2) is 98.1 Å². The molecule has 4 amide bonds. The Labute approximate surface area is 341 Å². The van der Waals surface area contributed by atoms with Crippen molar-refractivity contribution < 1.29 is 28.7 Å². The lowest BCUT2D eigenvalue weighted by atomic mass is 10.0. The lowest BCUT2D eigenvalue weighted by Crippen LogP contribution is -2.51. The van der Waals surface area contributed by atoms with Crippen LogP contribution in [0.2, 0.25) is 0 Å². The standard InChI is InChI=1S/C43H51N9O7/c1-23(2)36(49-42(56)58-5)40(54)51-17-7-9-33(51)38-44-21-31(47-38)26-13-11-25(12-14-26)30-20-35(53)28-19-27(15-16-29(28)46-30)32-22-45-39(48-32)34-10-8-18-52(34)41(55)37(24(3)4)50-43(57)59-6/h11-16,19-24,33-34,36-37H,7-10,17-18H2,1-6H3,(H,44,47)(H,45,48)(H,46,53)(H,49,56)(H,50,57). The normalized spacial score (nSPS) is 17.7. The molecule has 2 saturated heterocycles. The molecule has 2 aliphatic rings. The van der Waals surface area contributed by atoms with Crippen molar-refractivity contribution in [3.63, 3.8) is 0 Å². The van der Waals surface area contributed by atoms with Crippen LogP contribution in [0.1, 0.15) is 77.1 Å². The molecule has 0 spiro atoms. The molecule has 4 atom stereocenters. The third-order valence-electron chi connectivity index (χ3n) is 11.3. The first-order valence-corrected chi connectivity index (χ1v) is 20.0. The van der Waals surface area contributed by atoms with E-state index in [9.17, 15) is 24.0 Å². The molecule has 2 aliphatic heterocycles. The molecule has 0 aliphatic carbocycles. The predicted molar refractivity (Wildman–Crippen MR) is 221 cm³/mol. The molecule has 4 unspecified atom stereocenters. The van der Waals surface area contributed by atoms with E-state index in [2.05, 4.69) is 35.6 Å². The molecule has 16 nitrogen and oxygen atoms in total. The van der Waals surface area contributed by atoms with E-state index in [-0.39, 0.29) is 41.2 Å². The number of nitrogens with one attached hydrogen (secondary N) is 5. The average Bonchev–Trinajstić information content (AvgIpc) is 4.08. The van der Waals surface area contributed by atoms with Crippen LogP contribution >= 0.6 is 0 Å². The molecule has 5 N–H and O–H groups in total. The molecule has 310 valence electrons. The number of rotatable bonds is 11. The number of hydrogen-bond donors (Lipinski definition) is 5. The van der Waals surface area contributed by atoms with Crippen LogP contribution in [0.25, 0.3) is 44.7 Å². The number of likely N-dealkylation sites (tertiary alicyclic amines) is 2. The van der Waals surface area contributed by atoms with Crippen molar-refractivity contribution in [1.29, 1.82) is 0 Å². The summed E-state index contributed by atoms with van der Waals surface area (Å²) in [6.45, 7) is 8.64. The van der Waals surface area contributed by atoms with Gasteiger partial charge in [0.1, 0.15) is 23.7 Å². The highest BCUT2D eigenvalue weighted by Gasteiger charge is 2.39. The van der Waals surface area contributed by atoms with Gasteiger partial charge in [0.15, 0.2) is 5.43 Å². The van der Waals surface area contributed by atoms with Gasteiger partial charge in [0.05, 0.1) is 50.1 Å². The zero-order valence-electron chi connectivity index (χ0n) is 34.1. The first kappa shape index (κ1) is 40.7. The van der Waals surface area contributed by atoms with Gasteiger partial charge in [-0.25, -0.2) is 19.6 Å². The monoisotopic (exact) mass is 805 g/mol. The Hall–Kier alpha value is -6.45. The topological polar surface area (TPSA) is 207 Å². The molecular weight excluding hydrogens is 755 g/mol. The minimum Gasteiger partial charge on any atom is -0.453 e. The van der Waals surface area contributed by atoms with Crippen molar-refractivity contribution in [1.82, 2.24) is 45.4 Å². The van der Waals surface area contributed by atoms with E-state index in [1.54, 1.807) is 28.3 Å². The van der Waals surface area contributed by atoms with E-state index in [1.807, 2.05) is 70.2 Å². The largest absolute Gasteiger partial charge is 0.453 e. The van der Waals surface area contributed by atoms with Crippen molar-refractivity contribution in [3.05, 3.63) is 82.8 Å². The second kappa shape index (κ2) is 17.2. The highest BCUT2D eigenvalue weighted by molar-refractivity contribution is 5.88. The zero-order valence-corrected chi connectivity index (χ0v) is 34.1. The van der Waals surface area contributed by atoms with Crippen molar-refractivity contribution in [2.24, 2.45) is 11.8 Å². The van der Waals surface area contributed by atoms with E-state index in [0.717, 1.165) is 53.8 Å². The van der Waals surface area contributed by atoms with Gasteiger partial charge in [-0.2, -0.15) is 0 Å². The zero-order chi connectivity index (χ0) is 42.0. The lowest BCUT2D eigenvalue weighted by molar-refractivity contribution is -0.136. The Bertz CT molecular complexity index is 2400. The molecule has 2 fully saturated rings. The summed E-state index contributed by atoms with van der Waals surface area (Å²) in [6.07, 6.45) is 5.28. The summed E-state index contributed by atoms with van der Waals surface area (Å²) in [5, 5.41) is 5.88. The molecule has 5 heterocycles. The Kier molecular flexibility index (Phi) is 11.9. The van der Waals surface area contributed by atoms with Gasteiger partial charge >= 0.3 is 12.2 Å². The second-order valence-corrected chi connectivity index (χ2v) is 15.8. The van der Waals surface area contributed by atoms with Crippen LogP contribution in [0.15, 0.2) is 65.7 Å². The molecule has 2 aromatic carbocycles. The fourth-order valence-electron chi connectivity index (χ4n) is 8.09. The van der Waals surface area contributed by atoms with Crippen LogP contribution in [0.3, 0.4) is 0 Å². The molecular formula is C43H51N9O7. The van der Waals surface area contributed by atoms with E-state index < -0.39 is 24.3 Å². The number of pyridine rings is 1. The number of aromatic amines is 3. The molecule has 7 rings (SSSR count). The van der Waals surface area contributed by atoms with E-state index in [0.29, 0.717) is 41.3 Å². The highest BCUT2D eigenvalue weighted by Crippen LogP contribution is 2.35. The third kappa shape index (κ3) is 8.43. The lowest BCUT2D eigenvalue weighted by Gasteiger charge is -2.30. The van der Waals surface area contributed by atoms with E-state index in [1.165, 1.54) is 14.2 Å². The number of imidazole rings is 2. The van der Waals surface area contributed by atoms with Crippen molar-refractivity contribution in [2.75, 3.05) is 27.3 Å². The first-order chi connectivity index (χ1) is 28.4. The Balaban J connectivity index is 1.05. The Morgan fingerprint density at radius 2 is 1.12 bits per heavy atom. The van der Waals surface area contributed by atoms with Gasteiger partial charge in [-0.3, -0.25) is 14.4 Å². The number of H-pyrrole nitrogens is 3. The van der Waals surface area contributed by atoms with E-state index in [4.69, 9.17) is 9.47 Å². The third-order valence-corrected chi connectivity index (χ3v) is 11.3. The molecule has 0 saturated carbocycles. The van der Waals surface area contributed by atoms with Crippen molar-refractivity contribution >= 4 is 34.9 Å². The first-order valence-electron chi connectivity index (χ1n) is 20.0. The smallest absolute Gasteiger partial charge is 0.407 e. The van der Waals surface area contributed by atoms with Crippen molar-refractivity contribution in [3.8, 4) is 33.8 Å². The number of carbonyl (C=O) groups is 4. The van der Waals surface area contributed by atoms with Crippen LogP contribution in [0.5, 0.6) is 0 Å². The molecule has 0 radical (unpaired) electrons. The molecule has 16 heteroatoms. The summed E-state index contributed by atoms with van der Waals surface area (Å²) < 4.78 is 9.50. The van der Waals surface area contributed by atoms with Gasteiger partial charge < -0.3 is 44.9 Å². The van der Waals surface area contributed by atoms with Crippen LogP contribution in [-0.2, 0) is 19.1 Å². The van der Waals surface area contributed by atoms with Gasteiger partial charge in [0.25, 0.3) is 0 Å². The fourth-order valence-corrected chi connectivity index (χ4v) is 8.09. The number of aromatic nitrogens is 5. The number of carbonyl (C=O) groups excluding carboxylic acids is 4. The summed E-state index contributed by atoms with van der Waals surface area (Å²) in [5.74, 6) is 0.710. The summed E-state index contributed by atoms with van der Waals surface area (Å²) >= 11 is 0. The number of ether oxygens (including phenoxy) is 2. The van der Waals surface area contributed by atoms with Gasteiger partial charge in [0, 0.05) is 41.3 Å². The number of methoxy groups -OCH3 is 2. The predicted octanol–water partition coefficient (Wildman–Crippen LogP) is 6.06. The minimum absolute atomic E-state index is 0.127. The number of benzene rings is 2. The van der Waals surface area contributed by atoms with Crippen LogP contribution in [0.4, 0.5) is 9.59 Å². The van der Waals surface area contributed by atoms with Crippen molar-refractivity contribution in [2.45, 2.75) is 77.5 Å². The fraction of sp³-hybridized carbons (Fsp3) is 0.419. The summed E-state index contributed by atoms with van der Waals surface area (Å²) in [5.41, 5.74) is 5.23. The number of hydrogen-bond acceptors (Lipinski definition) is 9. The van der Waals surface area contributed by atoms with Gasteiger partial charge in [-0.05, 0) is 60.8 Å². The highest BCUT2D eigenvalue weighted by atomic mass is 16.5. The SMILES string of the molecule is COC(=O)NC(C(=O)N1CCCC1c1ncc(-c2ccc(-c3cc(=O)c4cc(-c5cnc(C6CCCN6C(=O)C(NC(=O)OC)C(C)C)[nH]5)ccc4[nH]3)cc2)[nH]1)C(C)C. The molecule has 0 bridgehead atoms. The number of amides is 4.